The fourth-order valence-corrected chi connectivity index (χ4v) is 6.65. The van der Waals surface area contributed by atoms with Crippen LogP contribution in [0.3, 0.4) is 0 Å². The van der Waals surface area contributed by atoms with E-state index in [0.717, 1.165) is 25.9 Å². The predicted molar refractivity (Wildman–Crippen MR) is 129 cm³/mol. The molecule has 2 saturated heterocycles. The molecule has 7 heteroatoms. The molecule has 5 nitrogen and oxygen atoms in total. The summed E-state index contributed by atoms with van der Waals surface area (Å²) in [6, 6.07) is 15.1. The summed E-state index contributed by atoms with van der Waals surface area (Å²) in [5, 5.41) is 2.83. The summed E-state index contributed by atoms with van der Waals surface area (Å²) in [6.45, 7) is 1.54. The molecule has 4 rings (SSSR count). The maximum absolute atomic E-state index is 12.7. The predicted octanol–water partition coefficient (Wildman–Crippen LogP) is 5.20. The molecule has 164 valence electrons. The van der Waals surface area contributed by atoms with Crippen molar-refractivity contribution in [3.8, 4) is 5.75 Å². The highest BCUT2D eigenvalue weighted by molar-refractivity contribution is 8.16. The first kappa shape index (κ1) is 22.1. The first-order valence-electron chi connectivity index (χ1n) is 10.8. The number of rotatable bonds is 6. The van der Waals surface area contributed by atoms with Gasteiger partial charge in [0.15, 0.2) is 6.61 Å². The maximum Gasteiger partial charge on any atom is 0.262 e. The molecule has 2 aliphatic heterocycles. The van der Waals surface area contributed by atoms with Crippen molar-refractivity contribution in [3.63, 3.8) is 0 Å². The molecule has 0 bridgehead atoms. The van der Waals surface area contributed by atoms with Gasteiger partial charge in [0.25, 0.3) is 11.8 Å². The highest BCUT2D eigenvalue weighted by Gasteiger charge is 2.19. The van der Waals surface area contributed by atoms with Crippen LogP contribution in [-0.4, -0.2) is 47.9 Å². The van der Waals surface area contributed by atoms with E-state index in [4.69, 9.17) is 4.74 Å². The zero-order valence-electron chi connectivity index (χ0n) is 17.5. The van der Waals surface area contributed by atoms with E-state index in [1.54, 1.807) is 24.3 Å². The number of ether oxygens (including phenoxy) is 1. The van der Waals surface area contributed by atoms with Crippen LogP contribution in [0.2, 0.25) is 0 Å². The molecule has 2 fully saturated rings. The lowest BCUT2D eigenvalue weighted by Crippen LogP contribution is -2.35. The van der Waals surface area contributed by atoms with Gasteiger partial charge >= 0.3 is 0 Å². The molecule has 0 aliphatic carbocycles. The molecule has 2 aromatic carbocycles. The van der Waals surface area contributed by atoms with Crippen molar-refractivity contribution in [1.29, 1.82) is 0 Å². The minimum absolute atomic E-state index is 0.0291. The van der Waals surface area contributed by atoms with Gasteiger partial charge in [0, 0.05) is 24.3 Å². The number of carbonyl (C=O) groups is 2. The summed E-state index contributed by atoms with van der Waals surface area (Å²) in [6.07, 6.45) is 4.57. The molecular weight excluding hydrogens is 428 g/mol. The molecule has 2 amide bonds. The number of likely N-dealkylation sites (tertiary alicyclic amines) is 1. The Balaban J connectivity index is 1.28. The Labute approximate surface area is 192 Å². The van der Waals surface area contributed by atoms with Crippen molar-refractivity contribution in [2.45, 2.75) is 30.3 Å². The number of hydrogen-bond acceptors (Lipinski definition) is 5. The number of hydrogen-bond donors (Lipinski definition) is 1. The van der Waals surface area contributed by atoms with Gasteiger partial charge in [0.05, 0.1) is 4.58 Å². The topological polar surface area (TPSA) is 58.6 Å². The van der Waals surface area contributed by atoms with Crippen molar-refractivity contribution in [2.75, 3.05) is 36.5 Å². The monoisotopic (exact) mass is 456 g/mol. The van der Waals surface area contributed by atoms with E-state index in [1.807, 2.05) is 40.6 Å². The lowest BCUT2D eigenvalue weighted by Gasteiger charge is -2.26. The summed E-state index contributed by atoms with van der Waals surface area (Å²) >= 11 is 3.97. The molecule has 31 heavy (non-hydrogen) atoms. The average molecular weight is 457 g/mol. The van der Waals surface area contributed by atoms with Crippen LogP contribution < -0.4 is 10.1 Å². The highest BCUT2D eigenvalue weighted by Crippen LogP contribution is 2.43. The van der Waals surface area contributed by atoms with Crippen LogP contribution >= 0.6 is 23.5 Å². The lowest BCUT2D eigenvalue weighted by atomic mass is 10.1. The molecule has 1 N–H and O–H groups in total. The van der Waals surface area contributed by atoms with Gasteiger partial charge in [-0.1, -0.05) is 18.2 Å². The van der Waals surface area contributed by atoms with E-state index in [-0.39, 0.29) is 18.4 Å². The first-order chi connectivity index (χ1) is 15.2. The summed E-state index contributed by atoms with van der Waals surface area (Å²) in [5.74, 6) is 2.88. The van der Waals surface area contributed by atoms with Gasteiger partial charge in [0.2, 0.25) is 0 Å². The molecule has 0 atom stereocenters. The van der Waals surface area contributed by atoms with Gasteiger partial charge in [-0.2, -0.15) is 0 Å². The van der Waals surface area contributed by atoms with E-state index in [0.29, 0.717) is 21.6 Å². The summed E-state index contributed by atoms with van der Waals surface area (Å²) in [7, 11) is 0. The zero-order valence-corrected chi connectivity index (χ0v) is 19.2. The molecule has 0 unspecified atom stereocenters. The Hall–Kier alpha value is -2.12. The minimum atomic E-state index is -0.245. The first-order valence-corrected chi connectivity index (χ1v) is 12.9. The van der Waals surface area contributed by atoms with Crippen molar-refractivity contribution < 1.29 is 14.3 Å². The van der Waals surface area contributed by atoms with Crippen molar-refractivity contribution in [2.24, 2.45) is 0 Å². The number of piperidine rings is 1. The summed E-state index contributed by atoms with van der Waals surface area (Å²) in [4.78, 5) is 26.9. The third-order valence-corrected chi connectivity index (χ3v) is 8.40. The Morgan fingerprint density at radius 3 is 2.45 bits per heavy atom. The largest absolute Gasteiger partial charge is 0.484 e. The van der Waals surface area contributed by atoms with Crippen LogP contribution in [0.4, 0.5) is 5.69 Å². The Bertz CT molecular complexity index is 892. The number of carbonyl (C=O) groups excluding carboxylic acids is 2. The second-order valence-electron chi connectivity index (χ2n) is 7.77. The van der Waals surface area contributed by atoms with Crippen molar-refractivity contribution in [1.82, 2.24) is 4.90 Å². The third kappa shape index (κ3) is 6.20. The van der Waals surface area contributed by atoms with E-state index >= 15 is 0 Å². The number of thioether (sulfide) groups is 2. The SMILES string of the molecule is O=C(COc1ccc(C2SCCCS2)cc1)Nc1cccc(C(=O)N2CCCCC2)c1. The molecule has 2 aromatic rings. The second kappa shape index (κ2) is 11.0. The van der Waals surface area contributed by atoms with E-state index in [1.165, 1.54) is 29.9 Å². The van der Waals surface area contributed by atoms with Crippen LogP contribution in [0.25, 0.3) is 0 Å². The van der Waals surface area contributed by atoms with Crippen LogP contribution in [0.5, 0.6) is 5.75 Å². The summed E-state index contributed by atoms with van der Waals surface area (Å²) in [5.41, 5.74) is 2.51. The standard InChI is InChI=1S/C24H28N2O3S2/c27-22(17-29-21-10-8-18(9-11-21)24-30-14-5-15-31-24)25-20-7-4-6-19(16-20)23(28)26-12-2-1-3-13-26/h4,6-11,16,24H,1-3,5,12-15,17H2,(H,25,27). The van der Waals surface area contributed by atoms with E-state index < -0.39 is 0 Å². The molecule has 0 saturated carbocycles. The average Bonchev–Trinajstić information content (AvgIpc) is 2.84. The molecule has 0 spiro atoms. The van der Waals surface area contributed by atoms with Gasteiger partial charge in [-0.05, 0) is 73.1 Å². The number of benzene rings is 2. The highest BCUT2D eigenvalue weighted by atomic mass is 32.2. The van der Waals surface area contributed by atoms with Gasteiger partial charge in [0.1, 0.15) is 5.75 Å². The van der Waals surface area contributed by atoms with Crippen LogP contribution in [0.15, 0.2) is 48.5 Å². The van der Waals surface area contributed by atoms with Crippen LogP contribution in [0.1, 0.15) is 46.2 Å². The van der Waals surface area contributed by atoms with Gasteiger partial charge in [-0.25, -0.2) is 0 Å². The van der Waals surface area contributed by atoms with E-state index in [9.17, 15) is 9.59 Å². The molecule has 2 heterocycles. The Morgan fingerprint density at radius 1 is 0.968 bits per heavy atom. The molecular formula is C24H28N2O3S2. The number of nitrogens with one attached hydrogen (secondary N) is 1. The zero-order chi connectivity index (χ0) is 21.5. The molecule has 2 aliphatic rings. The quantitative estimate of drug-likeness (QED) is 0.648. The number of anilines is 1. The third-order valence-electron chi connectivity index (χ3n) is 5.39. The summed E-state index contributed by atoms with van der Waals surface area (Å²) < 4.78 is 6.15. The van der Waals surface area contributed by atoms with E-state index in [2.05, 4.69) is 17.4 Å². The molecule has 0 radical (unpaired) electrons. The number of nitrogens with zero attached hydrogens (tertiary/aromatic N) is 1. The Kier molecular flexibility index (Phi) is 7.81. The second-order valence-corrected chi connectivity index (χ2v) is 10.5. The molecule has 0 aromatic heterocycles. The number of amides is 2. The lowest BCUT2D eigenvalue weighted by molar-refractivity contribution is -0.118. The maximum atomic E-state index is 12.7. The van der Waals surface area contributed by atoms with Gasteiger partial charge in [-0.15, -0.1) is 23.5 Å². The normalized spacial score (nSPS) is 17.2. The van der Waals surface area contributed by atoms with Gasteiger partial charge < -0.3 is 15.0 Å². The Morgan fingerprint density at radius 2 is 1.71 bits per heavy atom. The van der Waals surface area contributed by atoms with Crippen LogP contribution in [-0.2, 0) is 4.79 Å². The van der Waals surface area contributed by atoms with Crippen molar-refractivity contribution in [3.05, 3.63) is 59.7 Å². The fourth-order valence-electron chi connectivity index (χ4n) is 3.76. The smallest absolute Gasteiger partial charge is 0.262 e. The van der Waals surface area contributed by atoms with Gasteiger partial charge in [-0.3, -0.25) is 9.59 Å². The van der Waals surface area contributed by atoms with Crippen molar-refractivity contribution >= 4 is 41.0 Å². The minimum Gasteiger partial charge on any atom is -0.484 e. The fraction of sp³-hybridized carbons (Fsp3) is 0.417. The van der Waals surface area contributed by atoms with Crippen LogP contribution in [0, 0.1) is 0 Å².